The summed E-state index contributed by atoms with van der Waals surface area (Å²) in [5.74, 6) is 0.552. The molecule has 1 saturated heterocycles. The zero-order chi connectivity index (χ0) is 14.9. The molecule has 1 heterocycles. The Labute approximate surface area is 124 Å². The number of carboxylic acid groups (broad SMARTS) is 1. The smallest absolute Gasteiger partial charge is 0.327 e. The van der Waals surface area contributed by atoms with Gasteiger partial charge in [0.15, 0.2) is 0 Å². The van der Waals surface area contributed by atoms with Gasteiger partial charge in [-0.2, -0.15) is 0 Å². The highest BCUT2D eigenvalue weighted by Gasteiger charge is 2.43. The van der Waals surface area contributed by atoms with Crippen LogP contribution in [0.5, 0.6) is 0 Å². The highest BCUT2D eigenvalue weighted by atomic mass is 32.2. The van der Waals surface area contributed by atoms with Crippen LogP contribution in [0.25, 0.3) is 0 Å². The first-order valence-electron chi connectivity index (χ1n) is 7.33. The highest BCUT2D eigenvalue weighted by molar-refractivity contribution is 8.00. The van der Waals surface area contributed by atoms with Gasteiger partial charge in [-0.15, -0.1) is 11.8 Å². The highest BCUT2D eigenvalue weighted by Crippen LogP contribution is 2.35. The maximum absolute atomic E-state index is 12.4. The molecule has 0 radical (unpaired) electrons. The number of urea groups is 1. The van der Waals surface area contributed by atoms with Crippen LogP contribution in [-0.4, -0.2) is 45.2 Å². The molecule has 3 unspecified atom stereocenters. The van der Waals surface area contributed by atoms with Crippen molar-refractivity contribution < 1.29 is 14.7 Å². The molecule has 20 heavy (non-hydrogen) atoms. The predicted octanol–water partition coefficient (Wildman–Crippen LogP) is 2.37. The zero-order valence-corrected chi connectivity index (χ0v) is 13.2. The predicted molar refractivity (Wildman–Crippen MR) is 79.7 cm³/mol. The number of thioether (sulfide) groups is 1. The van der Waals surface area contributed by atoms with Crippen molar-refractivity contribution in [2.75, 3.05) is 5.75 Å². The van der Waals surface area contributed by atoms with Gasteiger partial charge >= 0.3 is 12.0 Å². The number of hydrogen-bond acceptors (Lipinski definition) is 3. The quantitative estimate of drug-likeness (QED) is 0.818. The van der Waals surface area contributed by atoms with Crippen molar-refractivity contribution in [3.8, 4) is 0 Å². The van der Waals surface area contributed by atoms with Crippen LogP contribution in [0.4, 0.5) is 4.79 Å². The monoisotopic (exact) mass is 300 g/mol. The molecule has 1 aliphatic heterocycles. The van der Waals surface area contributed by atoms with Crippen LogP contribution in [-0.2, 0) is 4.79 Å². The van der Waals surface area contributed by atoms with Crippen LogP contribution in [0.15, 0.2) is 0 Å². The van der Waals surface area contributed by atoms with Crippen molar-refractivity contribution in [1.29, 1.82) is 0 Å². The van der Waals surface area contributed by atoms with Crippen LogP contribution in [0.2, 0.25) is 0 Å². The maximum atomic E-state index is 12.4. The Morgan fingerprint density at radius 3 is 2.50 bits per heavy atom. The van der Waals surface area contributed by atoms with Crippen molar-refractivity contribution in [2.45, 2.75) is 57.5 Å². The Bertz CT molecular complexity index is 385. The Morgan fingerprint density at radius 2 is 2.00 bits per heavy atom. The number of aliphatic carboxylic acids is 1. The molecule has 0 bridgehead atoms. The lowest BCUT2D eigenvalue weighted by atomic mass is 10.1. The average molecular weight is 300 g/mol. The Hall–Kier alpha value is -0.910. The van der Waals surface area contributed by atoms with Crippen LogP contribution in [0.3, 0.4) is 0 Å². The van der Waals surface area contributed by atoms with Gasteiger partial charge < -0.3 is 10.4 Å². The second-order valence-electron chi connectivity index (χ2n) is 6.26. The lowest BCUT2D eigenvalue weighted by Crippen LogP contribution is -2.53. The van der Waals surface area contributed by atoms with Crippen LogP contribution in [0, 0.1) is 11.8 Å². The van der Waals surface area contributed by atoms with Gasteiger partial charge in [0.2, 0.25) is 0 Å². The third kappa shape index (κ3) is 3.59. The topological polar surface area (TPSA) is 69.6 Å². The van der Waals surface area contributed by atoms with Gasteiger partial charge in [0.1, 0.15) is 6.04 Å². The number of carboxylic acids is 1. The van der Waals surface area contributed by atoms with E-state index in [0.29, 0.717) is 5.75 Å². The summed E-state index contributed by atoms with van der Waals surface area (Å²) in [5, 5.41) is 12.2. The van der Waals surface area contributed by atoms with E-state index in [9.17, 15) is 14.7 Å². The fourth-order valence-corrected chi connectivity index (χ4v) is 4.16. The van der Waals surface area contributed by atoms with E-state index in [0.717, 1.165) is 12.3 Å². The molecule has 2 aliphatic rings. The first-order chi connectivity index (χ1) is 9.40. The van der Waals surface area contributed by atoms with Gasteiger partial charge in [0.05, 0.1) is 5.37 Å². The normalized spacial score (nSPS) is 27.7. The molecule has 0 aromatic heterocycles. The summed E-state index contributed by atoms with van der Waals surface area (Å²) >= 11 is 1.56. The Balaban J connectivity index is 1.99. The molecule has 0 aromatic carbocycles. The summed E-state index contributed by atoms with van der Waals surface area (Å²) in [6.45, 7) is 6.05. The lowest BCUT2D eigenvalue weighted by Gasteiger charge is -2.31. The van der Waals surface area contributed by atoms with E-state index in [1.54, 1.807) is 11.8 Å². The largest absolute Gasteiger partial charge is 0.480 e. The van der Waals surface area contributed by atoms with Crippen LogP contribution < -0.4 is 5.32 Å². The minimum atomic E-state index is -0.911. The molecule has 0 spiro atoms. The fourth-order valence-electron chi connectivity index (χ4n) is 2.69. The van der Waals surface area contributed by atoms with Gasteiger partial charge in [-0.3, -0.25) is 4.90 Å². The summed E-state index contributed by atoms with van der Waals surface area (Å²) in [6.07, 6.45) is 3.51. The number of nitrogens with one attached hydrogen (secondary N) is 1. The summed E-state index contributed by atoms with van der Waals surface area (Å²) in [7, 11) is 0. The third-order valence-electron chi connectivity index (χ3n) is 3.88. The minimum Gasteiger partial charge on any atom is -0.480 e. The Morgan fingerprint density at radius 1 is 1.35 bits per heavy atom. The van der Waals surface area contributed by atoms with Crippen molar-refractivity contribution in [1.82, 2.24) is 10.2 Å². The molecule has 2 N–H and O–H groups in total. The molecule has 1 aliphatic carbocycles. The van der Waals surface area contributed by atoms with Gasteiger partial charge in [-0.25, -0.2) is 9.59 Å². The number of amides is 2. The van der Waals surface area contributed by atoms with Crippen molar-refractivity contribution >= 4 is 23.8 Å². The molecule has 1 saturated carbocycles. The average Bonchev–Trinajstić information content (AvgIpc) is 3.03. The second kappa shape index (κ2) is 6.24. The third-order valence-corrected chi connectivity index (χ3v) is 5.50. The van der Waals surface area contributed by atoms with Crippen LogP contribution in [0.1, 0.15) is 40.0 Å². The molecule has 2 rings (SSSR count). The number of rotatable bonds is 5. The van der Waals surface area contributed by atoms with E-state index in [-0.39, 0.29) is 23.4 Å². The van der Waals surface area contributed by atoms with E-state index < -0.39 is 12.0 Å². The van der Waals surface area contributed by atoms with Crippen LogP contribution >= 0.6 is 11.8 Å². The van der Waals surface area contributed by atoms with Crippen molar-refractivity contribution in [2.24, 2.45) is 11.8 Å². The lowest BCUT2D eigenvalue weighted by molar-refractivity contribution is -0.141. The molecule has 5 nitrogen and oxygen atoms in total. The molecule has 2 amide bonds. The summed E-state index contributed by atoms with van der Waals surface area (Å²) in [4.78, 5) is 25.3. The van der Waals surface area contributed by atoms with Gasteiger partial charge in [-0.1, -0.05) is 26.7 Å². The number of carbonyl (C=O) groups excluding carboxylic acids is 1. The molecule has 6 heteroatoms. The molecular formula is C14H24N2O3S. The molecular weight excluding hydrogens is 276 g/mol. The maximum Gasteiger partial charge on any atom is 0.327 e. The zero-order valence-electron chi connectivity index (χ0n) is 12.3. The molecule has 114 valence electrons. The van der Waals surface area contributed by atoms with Crippen molar-refractivity contribution in [3.63, 3.8) is 0 Å². The standard InChI is InChI=1S/C14H24N2O3S/c1-8(2)12-16(11(7-20-12)13(17)18)14(19)15-9(3)6-10-4-5-10/h8-12H,4-7H2,1-3H3,(H,15,19)(H,17,18). The van der Waals surface area contributed by atoms with Crippen molar-refractivity contribution in [3.05, 3.63) is 0 Å². The molecule has 0 aromatic rings. The number of hydrogen-bond donors (Lipinski definition) is 2. The van der Waals surface area contributed by atoms with Gasteiger partial charge in [0.25, 0.3) is 0 Å². The first kappa shape index (κ1) is 15.5. The first-order valence-corrected chi connectivity index (χ1v) is 8.38. The second-order valence-corrected chi connectivity index (χ2v) is 7.41. The fraction of sp³-hybridized carbons (Fsp3) is 0.857. The SMILES string of the molecule is CC(CC1CC1)NC(=O)N1C(C(=O)O)CSC1C(C)C. The van der Waals surface area contributed by atoms with E-state index in [1.165, 1.54) is 17.7 Å². The van der Waals surface area contributed by atoms with Gasteiger partial charge in [-0.05, 0) is 25.2 Å². The Kier molecular flexibility index (Phi) is 4.83. The van der Waals surface area contributed by atoms with E-state index in [1.807, 2.05) is 20.8 Å². The molecule has 3 atom stereocenters. The summed E-state index contributed by atoms with van der Waals surface area (Å²) < 4.78 is 0. The van der Waals surface area contributed by atoms with Gasteiger partial charge in [0, 0.05) is 11.8 Å². The summed E-state index contributed by atoms with van der Waals surface area (Å²) in [6, 6.07) is -0.822. The van der Waals surface area contributed by atoms with E-state index >= 15 is 0 Å². The number of carbonyl (C=O) groups is 2. The van der Waals surface area contributed by atoms with E-state index in [4.69, 9.17) is 0 Å². The summed E-state index contributed by atoms with van der Waals surface area (Å²) in [5.41, 5.74) is 0. The molecule has 2 fully saturated rings. The van der Waals surface area contributed by atoms with E-state index in [2.05, 4.69) is 5.32 Å². The number of nitrogens with zero attached hydrogens (tertiary/aromatic N) is 1. The minimum absolute atomic E-state index is 0.0516.